The molecule has 1 N–H and O–H groups in total. The molecule has 1 aromatic rings. The maximum Gasteiger partial charge on any atom is 0.285 e. The number of sulfonamides is 1. The standard InChI is InChI=1S/C12H13N3O2S/c16-18(17)11-8-4-3-7-10(11)12(15-18)14-13-9-5-1-2-6-9/h3-4,7-8H,1-2,5-6H2,(H,14,15). The minimum absolute atomic E-state index is 0.249. The van der Waals surface area contributed by atoms with Gasteiger partial charge in [-0.2, -0.15) is 13.5 Å². The van der Waals surface area contributed by atoms with Crippen molar-refractivity contribution in [2.45, 2.75) is 30.6 Å². The van der Waals surface area contributed by atoms with Crippen LogP contribution in [0.25, 0.3) is 0 Å². The van der Waals surface area contributed by atoms with Crippen molar-refractivity contribution in [1.29, 1.82) is 0 Å². The molecule has 0 atom stereocenters. The van der Waals surface area contributed by atoms with Gasteiger partial charge in [0, 0.05) is 11.3 Å². The van der Waals surface area contributed by atoms with Crippen molar-refractivity contribution in [2.75, 3.05) is 0 Å². The molecule has 5 nitrogen and oxygen atoms in total. The van der Waals surface area contributed by atoms with Crippen LogP contribution in [0.5, 0.6) is 0 Å². The van der Waals surface area contributed by atoms with Gasteiger partial charge in [0.2, 0.25) is 0 Å². The lowest BCUT2D eigenvalue weighted by atomic mass is 10.2. The summed E-state index contributed by atoms with van der Waals surface area (Å²) in [6.07, 6.45) is 4.27. The number of benzene rings is 1. The van der Waals surface area contributed by atoms with Crippen LogP contribution in [-0.4, -0.2) is 20.0 Å². The molecule has 0 amide bonds. The van der Waals surface area contributed by atoms with Crippen LogP contribution in [0.1, 0.15) is 31.2 Å². The second kappa shape index (κ2) is 4.20. The zero-order valence-electron chi connectivity index (χ0n) is 9.76. The van der Waals surface area contributed by atoms with Gasteiger partial charge in [0.1, 0.15) is 4.90 Å². The second-order valence-corrected chi connectivity index (χ2v) is 5.98. The van der Waals surface area contributed by atoms with E-state index in [2.05, 4.69) is 14.9 Å². The molecule has 0 radical (unpaired) electrons. The quantitative estimate of drug-likeness (QED) is 0.783. The van der Waals surface area contributed by atoms with E-state index in [9.17, 15) is 8.42 Å². The van der Waals surface area contributed by atoms with Crippen LogP contribution >= 0.6 is 0 Å². The summed E-state index contributed by atoms with van der Waals surface area (Å²) in [6, 6.07) is 6.78. The normalized spacial score (nSPS) is 20.4. The third-order valence-electron chi connectivity index (χ3n) is 3.13. The zero-order valence-corrected chi connectivity index (χ0v) is 10.6. The first kappa shape index (κ1) is 11.4. The fourth-order valence-corrected chi connectivity index (χ4v) is 3.38. The molecule has 1 aromatic carbocycles. The fraction of sp³-hybridized carbons (Fsp3) is 0.333. The van der Waals surface area contributed by atoms with Crippen molar-refractivity contribution in [3.8, 4) is 0 Å². The van der Waals surface area contributed by atoms with E-state index in [1.54, 1.807) is 24.3 Å². The van der Waals surface area contributed by atoms with Gasteiger partial charge in [-0.1, -0.05) is 12.1 Å². The molecule has 3 rings (SSSR count). The van der Waals surface area contributed by atoms with Crippen LogP contribution in [0.2, 0.25) is 0 Å². The molecule has 0 saturated heterocycles. The molecule has 1 heterocycles. The number of hydrogen-bond acceptors (Lipinski definition) is 4. The van der Waals surface area contributed by atoms with Crippen LogP contribution in [0, 0.1) is 0 Å². The minimum atomic E-state index is -3.54. The molecule has 2 aliphatic rings. The molecule has 1 saturated carbocycles. The van der Waals surface area contributed by atoms with E-state index in [1.165, 1.54) is 0 Å². The van der Waals surface area contributed by atoms with Gasteiger partial charge < -0.3 is 0 Å². The molecular formula is C12H13N3O2S. The Kier molecular flexibility index (Phi) is 2.66. The summed E-state index contributed by atoms with van der Waals surface area (Å²) in [5.74, 6) is 0.324. The van der Waals surface area contributed by atoms with Crippen LogP contribution in [0.15, 0.2) is 38.7 Å². The Hall–Kier alpha value is -1.69. The van der Waals surface area contributed by atoms with E-state index in [4.69, 9.17) is 0 Å². The second-order valence-electron chi connectivity index (χ2n) is 4.41. The highest BCUT2D eigenvalue weighted by Crippen LogP contribution is 2.25. The highest BCUT2D eigenvalue weighted by Gasteiger charge is 2.28. The maximum atomic E-state index is 11.8. The van der Waals surface area contributed by atoms with Crippen molar-refractivity contribution in [2.24, 2.45) is 9.50 Å². The smallest absolute Gasteiger partial charge is 0.260 e. The van der Waals surface area contributed by atoms with Crippen LogP contribution in [0.3, 0.4) is 0 Å². The number of nitrogens with zero attached hydrogens (tertiary/aromatic N) is 2. The first-order valence-electron chi connectivity index (χ1n) is 5.93. The Labute approximate surface area is 106 Å². The number of hydrazone groups is 1. The molecule has 0 unspecified atom stereocenters. The van der Waals surface area contributed by atoms with Crippen molar-refractivity contribution in [3.05, 3.63) is 29.8 Å². The SMILES string of the molecule is O=S1(=O)N=C(NN=C2CCCC2)c2ccccc21. The van der Waals surface area contributed by atoms with Gasteiger partial charge in [-0.15, -0.1) is 4.40 Å². The average Bonchev–Trinajstić information content (AvgIpc) is 2.95. The van der Waals surface area contributed by atoms with E-state index in [1.807, 2.05) is 0 Å². The van der Waals surface area contributed by atoms with Crippen LogP contribution in [-0.2, 0) is 10.0 Å². The van der Waals surface area contributed by atoms with Crippen LogP contribution < -0.4 is 5.43 Å². The lowest BCUT2D eigenvalue weighted by molar-refractivity contribution is 0.599. The van der Waals surface area contributed by atoms with E-state index < -0.39 is 10.0 Å². The summed E-state index contributed by atoms with van der Waals surface area (Å²) >= 11 is 0. The average molecular weight is 263 g/mol. The van der Waals surface area contributed by atoms with E-state index in [0.29, 0.717) is 11.4 Å². The molecule has 0 aromatic heterocycles. The minimum Gasteiger partial charge on any atom is -0.260 e. The maximum absolute atomic E-state index is 11.8. The Morgan fingerprint density at radius 2 is 1.89 bits per heavy atom. The first-order valence-corrected chi connectivity index (χ1v) is 7.37. The number of hydrogen-bond donors (Lipinski definition) is 1. The summed E-state index contributed by atoms with van der Waals surface area (Å²) in [5.41, 5.74) is 4.47. The highest BCUT2D eigenvalue weighted by atomic mass is 32.2. The molecule has 1 aliphatic carbocycles. The summed E-state index contributed by atoms with van der Waals surface area (Å²) < 4.78 is 27.3. The van der Waals surface area contributed by atoms with Crippen molar-refractivity contribution in [3.63, 3.8) is 0 Å². The first-order chi connectivity index (χ1) is 8.67. The number of rotatable bonds is 1. The lowest BCUT2D eigenvalue weighted by Crippen LogP contribution is -2.18. The van der Waals surface area contributed by atoms with E-state index in [-0.39, 0.29) is 4.90 Å². The predicted octanol–water partition coefficient (Wildman–Crippen LogP) is 1.66. The van der Waals surface area contributed by atoms with Crippen molar-refractivity contribution >= 4 is 21.6 Å². The van der Waals surface area contributed by atoms with Crippen molar-refractivity contribution in [1.82, 2.24) is 5.43 Å². The van der Waals surface area contributed by atoms with Crippen molar-refractivity contribution < 1.29 is 8.42 Å². The van der Waals surface area contributed by atoms with Crippen LogP contribution in [0.4, 0.5) is 0 Å². The largest absolute Gasteiger partial charge is 0.285 e. The summed E-state index contributed by atoms with van der Waals surface area (Å²) in [7, 11) is -3.54. The molecule has 0 spiro atoms. The molecule has 1 fully saturated rings. The monoisotopic (exact) mass is 263 g/mol. The van der Waals surface area contributed by atoms with Gasteiger partial charge in [-0.05, 0) is 37.8 Å². The van der Waals surface area contributed by atoms with Gasteiger partial charge in [0.25, 0.3) is 10.0 Å². The number of fused-ring (bicyclic) bond motifs is 1. The molecule has 1 aliphatic heterocycles. The van der Waals surface area contributed by atoms with E-state index in [0.717, 1.165) is 31.4 Å². The molecular weight excluding hydrogens is 250 g/mol. The van der Waals surface area contributed by atoms with Gasteiger partial charge >= 0.3 is 0 Å². The Morgan fingerprint density at radius 3 is 2.67 bits per heavy atom. The van der Waals surface area contributed by atoms with Gasteiger partial charge in [-0.25, -0.2) is 0 Å². The lowest BCUT2D eigenvalue weighted by Gasteiger charge is -2.01. The van der Waals surface area contributed by atoms with Gasteiger partial charge in [0.05, 0.1) is 0 Å². The summed E-state index contributed by atoms with van der Waals surface area (Å²) in [5, 5.41) is 4.24. The van der Waals surface area contributed by atoms with Gasteiger partial charge in [-0.3, -0.25) is 5.43 Å². The Morgan fingerprint density at radius 1 is 1.17 bits per heavy atom. The topological polar surface area (TPSA) is 70.9 Å². The molecule has 0 bridgehead atoms. The summed E-state index contributed by atoms with van der Waals surface area (Å²) in [4.78, 5) is 0.249. The zero-order chi connectivity index (χ0) is 12.6. The van der Waals surface area contributed by atoms with E-state index >= 15 is 0 Å². The summed E-state index contributed by atoms with van der Waals surface area (Å²) in [6.45, 7) is 0. The predicted molar refractivity (Wildman–Crippen MR) is 69.2 cm³/mol. The molecule has 6 heteroatoms. The van der Waals surface area contributed by atoms with Gasteiger partial charge in [0.15, 0.2) is 5.84 Å². The number of amidine groups is 1. The molecule has 94 valence electrons. The third-order valence-corrected chi connectivity index (χ3v) is 4.47. The molecule has 18 heavy (non-hydrogen) atoms. The number of nitrogens with one attached hydrogen (secondary N) is 1. The Balaban J connectivity index is 1.92. The third kappa shape index (κ3) is 1.92. The highest BCUT2D eigenvalue weighted by molar-refractivity contribution is 7.90. The fourth-order valence-electron chi connectivity index (χ4n) is 2.21. The Bertz CT molecular complexity index is 639.